The Labute approximate surface area is 123 Å². The minimum Gasteiger partial charge on any atom is -0.388 e. The average Bonchev–Trinajstić information content (AvgIpc) is 2.44. The molecule has 1 atom stereocenters. The standard InChI is InChI=1S/C15H19N3O3/c1-3-7-15(2,19)10-17-13-4-5-14(18(20)21)11-6-8-16-9-12(11)13/h4-6,8-9,17,19H,3,7,10H2,1-2H3. The number of hydrogen-bond acceptors (Lipinski definition) is 5. The first-order valence-electron chi connectivity index (χ1n) is 6.92. The Bertz CT molecular complexity index is 656. The second kappa shape index (κ2) is 6.05. The van der Waals surface area contributed by atoms with Crippen molar-refractivity contribution < 1.29 is 10.0 Å². The van der Waals surface area contributed by atoms with Gasteiger partial charge in [-0.1, -0.05) is 13.3 Å². The van der Waals surface area contributed by atoms with Crippen LogP contribution in [0.25, 0.3) is 10.8 Å². The van der Waals surface area contributed by atoms with E-state index in [4.69, 9.17) is 0 Å². The number of nitrogens with one attached hydrogen (secondary N) is 1. The molecule has 0 saturated carbocycles. The van der Waals surface area contributed by atoms with E-state index in [0.717, 1.165) is 12.1 Å². The molecule has 21 heavy (non-hydrogen) atoms. The number of non-ortho nitro benzene ring substituents is 1. The van der Waals surface area contributed by atoms with E-state index < -0.39 is 10.5 Å². The zero-order chi connectivity index (χ0) is 15.5. The van der Waals surface area contributed by atoms with Crippen molar-refractivity contribution in [2.24, 2.45) is 0 Å². The molecule has 0 saturated heterocycles. The van der Waals surface area contributed by atoms with E-state index in [9.17, 15) is 15.2 Å². The van der Waals surface area contributed by atoms with Crippen LogP contribution in [0, 0.1) is 10.1 Å². The second-order valence-corrected chi connectivity index (χ2v) is 5.41. The van der Waals surface area contributed by atoms with Crippen LogP contribution in [0.2, 0.25) is 0 Å². The highest BCUT2D eigenvalue weighted by Gasteiger charge is 2.20. The van der Waals surface area contributed by atoms with E-state index in [1.165, 1.54) is 12.3 Å². The Kier molecular flexibility index (Phi) is 4.37. The minimum absolute atomic E-state index is 0.0540. The number of nitro benzene ring substituents is 1. The molecule has 6 nitrogen and oxygen atoms in total. The summed E-state index contributed by atoms with van der Waals surface area (Å²) in [6, 6.07) is 4.76. The Morgan fingerprint density at radius 2 is 2.14 bits per heavy atom. The molecule has 6 heteroatoms. The number of nitro groups is 1. The lowest BCUT2D eigenvalue weighted by Gasteiger charge is -2.24. The lowest BCUT2D eigenvalue weighted by Crippen LogP contribution is -2.33. The predicted octanol–water partition coefficient (Wildman–Crippen LogP) is 3.11. The largest absolute Gasteiger partial charge is 0.388 e. The molecule has 1 unspecified atom stereocenters. The van der Waals surface area contributed by atoms with Gasteiger partial charge in [-0.2, -0.15) is 0 Å². The van der Waals surface area contributed by atoms with Gasteiger partial charge in [-0.15, -0.1) is 0 Å². The third-order valence-corrected chi connectivity index (χ3v) is 3.44. The van der Waals surface area contributed by atoms with Crippen LogP contribution in [-0.4, -0.2) is 27.2 Å². The van der Waals surface area contributed by atoms with Gasteiger partial charge in [-0.3, -0.25) is 15.1 Å². The van der Waals surface area contributed by atoms with Gasteiger partial charge in [0.05, 0.1) is 15.9 Å². The summed E-state index contributed by atoms with van der Waals surface area (Å²) in [5, 5.41) is 25.6. The summed E-state index contributed by atoms with van der Waals surface area (Å²) in [4.78, 5) is 14.7. The Morgan fingerprint density at radius 1 is 1.38 bits per heavy atom. The van der Waals surface area contributed by atoms with Gasteiger partial charge in [0.15, 0.2) is 0 Å². The van der Waals surface area contributed by atoms with Crippen molar-refractivity contribution in [1.29, 1.82) is 0 Å². The quantitative estimate of drug-likeness (QED) is 0.630. The van der Waals surface area contributed by atoms with Crippen molar-refractivity contribution in [1.82, 2.24) is 4.98 Å². The van der Waals surface area contributed by atoms with Crippen LogP contribution in [0.4, 0.5) is 11.4 Å². The lowest BCUT2D eigenvalue weighted by atomic mass is 10.0. The number of anilines is 1. The van der Waals surface area contributed by atoms with E-state index in [0.29, 0.717) is 23.7 Å². The second-order valence-electron chi connectivity index (χ2n) is 5.41. The summed E-state index contributed by atoms with van der Waals surface area (Å²) >= 11 is 0. The fourth-order valence-electron chi connectivity index (χ4n) is 2.40. The van der Waals surface area contributed by atoms with Crippen molar-refractivity contribution in [3.8, 4) is 0 Å². The Hall–Kier alpha value is -2.21. The molecule has 1 aromatic carbocycles. The molecule has 0 bridgehead atoms. The first kappa shape index (κ1) is 15.2. The van der Waals surface area contributed by atoms with Crippen LogP contribution in [0.15, 0.2) is 30.6 Å². The molecule has 0 aliphatic heterocycles. The van der Waals surface area contributed by atoms with Crippen molar-refractivity contribution in [3.63, 3.8) is 0 Å². The molecule has 0 amide bonds. The zero-order valence-electron chi connectivity index (χ0n) is 12.2. The molecule has 112 valence electrons. The van der Waals surface area contributed by atoms with Gasteiger partial charge in [0.2, 0.25) is 0 Å². The van der Waals surface area contributed by atoms with Gasteiger partial charge < -0.3 is 10.4 Å². The summed E-state index contributed by atoms with van der Waals surface area (Å²) in [6.07, 6.45) is 4.70. The number of rotatable bonds is 6. The average molecular weight is 289 g/mol. The highest BCUT2D eigenvalue weighted by atomic mass is 16.6. The number of pyridine rings is 1. The molecular weight excluding hydrogens is 270 g/mol. The molecule has 2 aromatic rings. The van der Waals surface area contributed by atoms with Crippen LogP contribution in [0.5, 0.6) is 0 Å². The number of nitrogens with zero attached hydrogens (tertiary/aromatic N) is 2. The topological polar surface area (TPSA) is 88.3 Å². The fourth-order valence-corrected chi connectivity index (χ4v) is 2.40. The highest BCUT2D eigenvalue weighted by Crippen LogP contribution is 2.31. The van der Waals surface area contributed by atoms with E-state index in [2.05, 4.69) is 10.3 Å². The first-order valence-corrected chi connectivity index (χ1v) is 6.92. The molecule has 0 aliphatic carbocycles. The maximum absolute atomic E-state index is 11.1. The van der Waals surface area contributed by atoms with Crippen LogP contribution in [-0.2, 0) is 0 Å². The van der Waals surface area contributed by atoms with E-state index in [1.807, 2.05) is 6.92 Å². The third-order valence-electron chi connectivity index (χ3n) is 3.44. The van der Waals surface area contributed by atoms with Crippen molar-refractivity contribution in [2.75, 3.05) is 11.9 Å². The number of aromatic nitrogens is 1. The van der Waals surface area contributed by atoms with Gasteiger partial charge in [-0.05, 0) is 25.5 Å². The number of aliphatic hydroxyl groups is 1. The van der Waals surface area contributed by atoms with E-state index in [1.54, 1.807) is 25.3 Å². The van der Waals surface area contributed by atoms with Crippen LogP contribution < -0.4 is 5.32 Å². The number of hydrogen-bond donors (Lipinski definition) is 2. The van der Waals surface area contributed by atoms with Crippen LogP contribution in [0.3, 0.4) is 0 Å². The minimum atomic E-state index is -0.814. The summed E-state index contributed by atoms with van der Waals surface area (Å²) in [7, 11) is 0. The molecule has 0 aliphatic rings. The van der Waals surface area contributed by atoms with Gasteiger partial charge in [0, 0.05) is 36.1 Å². The van der Waals surface area contributed by atoms with Gasteiger partial charge in [0.25, 0.3) is 5.69 Å². The molecule has 1 aromatic heterocycles. The molecule has 0 fully saturated rings. The van der Waals surface area contributed by atoms with Crippen LogP contribution >= 0.6 is 0 Å². The fraction of sp³-hybridized carbons (Fsp3) is 0.400. The smallest absolute Gasteiger partial charge is 0.277 e. The maximum atomic E-state index is 11.1. The number of fused-ring (bicyclic) bond motifs is 1. The Morgan fingerprint density at radius 3 is 2.81 bits per heavy atom. The monoisotopic (exact) mass is 289 g/mol. The zero-order valence-corrected chi connectivity index (χ0v) is 12.2. The number of benzene rings is 1. The van der Waals surface area contributed by atoms with Gasteiger partial charge in [0.1, 0.15) is 0 Å². The van der Waals surface area contributed by atoms with Crippen molar-refractivity contribution in [2.45, 2.75) is 32.3 Å². The van der Waals surface area contributed by atoms with E-state index >= 15 is 0 Å². The molecule has 2 N–H and O–H groups in total. The lowest BCUT2D eigenvalue weighted by molar-refractivity contribution is -0.383. The molecular formula is C15H19N3O3. The maximum Gasteiger partial charge on any atom is 0.277 e. The van der Waals surface area contributed by atoms with Crippen molar-refractivity contribution in [3.05, 3.63) is 40.7 Å². The summed E-state index contributed by atoms with van der Waals surface area (Å²) in [5.74, 6) is 0. The first-order chi connectivity index (χ1) is 9.94. The Balaban J connectivity index is 2.34. The summed E-state index contributed by atoms with van der Waals surface area (Å²) in [6.45, 7) is 4.16. The van der Waals surface area contributed by atoms with Crippen molar-refractivity contribution >= 4 is 22.1 Å². The molecule has 0 spiro atoms. The third kappa shape index (κ3) is 3.46. The highest BCUT2D eigenvalue weighted by molar-refractivity contribution is 5.99. The van der Waals surface area contributed by atoms with Gasteiger partial charge in [-0.25, -0.2) is 0 Å². The summed E-state index contributed by atoms with van der Waals surface area (Å²) < 4.78 is 0. The normalized spacial score (nSPS) is 13.9. The SMILES string of the molecule is CCCC(C)(O)CNc1ccc([N+](=O)[O-])c2ccncc12. The predicted molar refractivity (Wildman–Crippen MR) is 82.4 cm³/mol. The molecule has 1 heterocycles. The summed E-state index contributed by atoms with van der Waals surface area (Å²) in [5.41, 5.74) is -0.0243. The van der Waals surface area contributed by atoms with E-state index in [-0.39, 0.29) is 5.69 Å². The van der Waals surface area contributed by atoms with Gasteiger partial charge >= 0.3 is 0 Å². The van der Waals surface area contributed by atoms with Crippen LogP contribution in [0.1, 0.15) is 26.7 Å². The molecule has 0 radical (unpaired) electrons. The molecule has 2 rings (SSSR count).